The van der Waals surface area contributed by atoms with Gasteiger partial charge in [0.25, 0.3) is 0 Å². The Labute approximate surface area is 69.3 Å². The van der Waals surface area contributed by atoms with Gasteiger partial charge in [-0.1, -0.05) is 13.8 Å². The molecule has 1 heterocycles. The molecule has 0 spiro atoms. The predicted molar refractivity (Wildman–Crippen MR) is 46.7 cm³/mol. The van der Waals surface area contributed by atoms with Gasteiger partial charge in [-0.3, -0.25) is 0 Å². The van der Waals surface area contributed by atoms with Gasteiger partial charge in [-0.05, 0) is 19.4 Å². The number of hydrogen-bond acceptors (Lipinski definition) is 2. The molecular weight excluding hydrogens is 138 g/mol. The highest BCUT2D eigenvalue weighted by atomic mass is 16.5. The zero-order chi connectivity index (χ0) is 8.16. The minimum absolute atomic E-state index is 0.397. The standard InChI is InChI=1S/C9H19NO/c1-3-10-7-9(2)5-4-6-11-8-9/h10H,3-8H2,1-2H3/t9-/m1/s1. The fourth-order valence-corrected chi connectivity index (χ4v) is 1.56. The van der Waals surface area contributed by atoms with Crippen LogP contribution in [0.1, 0.15) is 26.7 Å². The summed E-state index contributed by atoms with van der Waals surface area (Å²) in [4.78, 5) is 0. The molecule has 0 aromatic heterocycles. The van der Waals surface area contributed by atoms with Crippen molar-refractivity contribution in [2.75, 3.05) is 26.3 Å². The van der Waals surface area contributed by atoms with E-state index in [4.69, 9.17) is 4.74 Å². The topological polar surface area (TPSA) is 21.3 Å². The average Bonchev–Trinajstić information content (AvgIpc) is 2.03. The summed E-state index contributed by atoms with van der Waals surface area (Å²) in [7, 11) is 0. The van der Waals surface area contributed by atoms with E-state index in [1.54, 1.807) is 0 Å². The Bertz CT molecular complexity index is 108. The quantitative estimate of drug-likeness (QED) is 0.669. The molecule has 0 radical (unpaired) electrons. The van der Waals surface area contributed by atoms with E-state index in [0.717, 1.165) is 26.3 Å². The average molecular weight is 157 g/mol. The Kier molecular flexibility index (Phi) is 3.34. The summed E-state index contributed by atoms with van der Waals surface area (Å²) in [6.07, 6.45) is 2.53. The molecule has 1 fully saturated rings. The monoisotopic (exact) mass is 157 g/mol. The summed E-state index contributed by atoms with van der Waals surface area (Å²) in [5.74, 6) is 0. The van der Waals surface area contributed by atoms with E-state index in [0.29, 0.717) is 5.41 Å². The lowest BCUT2D eigenvalue weighted by molar-refractivity contribution is 0.00338. The van der Waals surface area contributed by atoms with Crippen LogP contribution < -0.4 is 5.32 Å². The summed E-state index contributed by atoms with van der Waals surface area (Å²) in [6, 6.07) is 0. The Morgan fingerprint density at radius 1 is 1.55 bits per heavy atom. The molecule has 1 aliphatic heterocycles. The van der Waals surface area contributed by atoms with Gasteiger partial charge < -0.3 is 10.1 Å². The Hall–Kier alpha value is -0.0800. The summed E-state index contributed by atoms with van der Waals surface area (Å²) in [5.41, 5.74) is 0.397. The first-order valence-electron chi connectivity index (χ1n) is 4.55. The van der Waals surface area contributed by atoms with Crippen molar-refractivity contribution in [3.05, 3.63) is 0 Å². The van der Waals surface area contributed by atoms with E-state index in [-0.39, 0.29) is 0 Å². The van der Waals surface area contributed by atoms with Gasteiger partial charge >= 0.3 is 0 Å². The highest BCUT2D eigenvalue weighted by molar-refractivity contribution is 4.78. The summed E-state index contributed by atoms with van der Waals surface area (Å²) in [6.45, 7) is 8.50. The third kappa shape index (κ3) is 2.80. The van der Waals surface area contributed by atoms with E-state index in [9.17, 15) is 0 Å². The molecule has 11 heavy (non-hydrogen) atoms. The van der Waals surface area contributed by atoms with E-state index in [1.165, 1.54) is 12.8 Å². The molecule has 2 nitrogen and oxygen atoms in total. The van der Waals surface area contributed by atoms with Crippen molar-refractivity contribution in [3.63, 3.8) is 0 Å². The molecule has 0 bridgehead atoms. The fourth-order valence-electron chi connectivity index (χ4n) is 1.56. The molecule has 1 saturated heterocycles. The van der Waals surface area contributed by atoms with Crippen molar-refractivity contribution in [2.45, 2.75) is 26.7 Å². The second-order valence-electron chi connectivity index (χ2n) is 3.75. The van der Waals surface area contributed by atoms with Crippen LogP contribution in [0.15, 0.2) is 0 Å². The molecule has 0 aliphatic carbocycles. The minimum atomic E-state index is 0.397. The normalized spacial score (nSPS) is 32.2. The SMILES string of the molecule is CCNC[C@@]1(C)CCCOC1. The lowest BCUT2D eigenvalue weighted by Gasteiger charge is -2.33. The predicted octanol–water partition coefficient (Wildman–Crippen LogP) is 1.41. The zero-order valence-electron chi connectivity index (χ0n) is 7.65. The van der Waals surface area contributed by atoms with Crippen LogP contribution in [-0.2, 0) is 4.74 Å². The summed E-state index contributed by atoms with van der Waals surface area (Å²) < 4.78 is 5.44. The molecule has 0 unspecified atom stereocenters. The van der Waals surface area contributed by atoms with Crippen LogP contribution in [0, 0.1) is 5.41 Å². The maximum Gasteiger partial charge on any atom is 0.0531 e. The van der Waals surface area contributed by atoms with Crippen LogP contribution in [0.3, 0.4) is 0 Å². The Morgan fingerprint density at radius 3 is 2.91 bits per heavy atom. The molecule has 1 N–H and O–H groups in total. The smallest absolute Gasteiger partial charge is 0.0531 e. The van der Waals surface area contributed by atoms with Crippen LogP contribution >= 0.6 is 0 Å². The van der Waals surface area contributed by atoms with Crippen molar-refractivity contribution in [1.29, 1.82) is 0 Å². The highest BCUT2D eigenvalue weighted by Gasteiger charge is 2.26. The fraction of sp³-hybridized carbons (Fsp3) is 1.00. The molecule has 2 heteroatoms. The molecule has 0 saturated carbocycles. The van der Waals surface area contributed by atoms with Crippen molar-refractivity contribution in [3.8, 4) is 0 Å². The van der Waals surface area contributed by atoms with Crippen molar-refractivity contribution < 1.29 is 4.74 Å². The maximum atomic E-state index is 5.44. The Balaban J connectivity index is 2.25. The maximum absolute atomic E-state index is 5.44. The van der Waals surface area contributed by atoms with Gasteiger partial charge in [0, 0.05) is 18.6 Å². The van der Waals surface area contributed by atoms with E-state index >= 15 is 0 Å². The first kappa shape index (κ1) is 9.01. The Morgan fingerprint density at radius 2 is 2.36 bits per heavy atom. The first-order valence-corrected chi connectivity index (χ1v) is 4.55. The molecule has 0 aromatic rings. The molecule has 0 aromatic carbocycles. The molecular formula is C9H19NO. The largest absolute Gasteiger partial charge is 0.381 e. The van der Waals surface area contributed by atoms with Gasteiger partial charge in [0.1, 0.15) is 0 Å². The number of hydrogen-bond donors (Lipinski definition) is 1. The third-order valence-electron chi connectivity index (χ3n) is 2.32. The highest BCUT2D eigenvalue weighted by Crippen LogP contribution is 2.26. The van der Waals surface area contributed by atoms with Crippen molar-refractivity contribution >= 4 is 0 Å². The third-order valence-corrected chi connectivity index (χ3v) is 2.32. The zero-order valence-corrected chi connectivity index (χ0v) is 7.65. The van der Waals surface area contributed by atoms with Crippen molar-refractivity contribution in [2.24, 2.45) is 5.41 Å². The summed E-state index contributed by atoms with van der Waals surface area (Å²) >= 11 is 0. The number of ether oxygens (including phenoxy) is 1. The molecule has 66 valence electrons. The van der Waals surface area contributed by atoms with E-state index in [1.807, 2.05) is 0 Å². The first-order chi connectivity index (χ1) is 5.27. The second kappa shape index (κ2) is 4.07. The molecule has 1 aliphatic rings. The van der Waals surface area contributed by atoms with E-state index in [2.05, 4.69) is 19.2 Å². The van der Waals surface area contributed by atoms with Gasteiger partial charge in [0.2, 0.25) is 0 Å². The van der Waals surface area contributed by atoms with Gasteiger partial charge in [0.05, 0.1) is 6.61 Å². The van der Waals surface area contributed by atoms with E-state index < -0.39 is 0 Å². The van der Waals surface area contributed by atoms with Crippen LogP contribution in [0.4, 0.5) is 0 Å². The van der Waals surface area contributed by atoms with Crippen LogP contribution in [0.25, 0.3) is 0 Å². The van der Waals surface area contributed by atoms with Crippen LogP contribution in [-0.4, -0.2) is 26.3 Å². The lowest BCUT2D eigenvalue weighted by Crippen LogP contribution is -2.38. The number of rotatable bonds is 3. The van der Waals surface area contributed by atoms with Gasteiger partial charge in [-0.2, -0.15) is 0 Å². The molecule has 0 amide bonds. The second-order valence-corrected chi connectivity index (χ2v) is 3.75. The van der Waals surface area contributed by atoms with Gasteiger partial charge in [0.15, 0.2) is 0 Å². The number of nitrogens with one attached hydrogen (secondary N) is 1. The molecule has 1 rings (SSSR count). The van der Waals surface area contributed by atoms with Crippen molar-refractivity contribution in [1.82, 2.24) is 5.32 Å². The van der Waals surface area contributed by atoms with Gasteiger partial charge in [-0.15, -0.1) is 0 Å². The summed E-state index contributed by atoms with van der Waals surface area (Å²) in [5, 5.41) is 3.38. The minimum Gasteiger partial charge on any atom is -0.381 e. The van der Waals surface area contributed by atoms with Gasteiger partial charge in [-0.25, -0.2) is 0 Å². The lowest BCUT2D eigenvalue weighted by atomic mass is 9.85. The van der Waals surface area contributed by atoms with Crippen LogP contribution in [0.2, 0.25) is 0 Å². The molecule has 1 atom stereocenters. The van der Waals surface area contributed by atoms with Crippen LogP contribution in [0.5, 0.6) is 0 Å².